The van der Waals surface area contributed by atoms with Gasteiger partial charge >= 0.3 is 0 Å². The summed E-state index contributed by atoms with van der Waals surface area (Å²) in [7, 11) is 0. The molecule has 1 aliphatic rings. The lowest BCUT2D eigenvalue weighted by Gasteiger charge is -2.21. The summed E-state index contributed by atoms with van der Waals surface area (Å²) in [6, 6.07) is 8.30. The Hall–Kier alpha value is -2.21. The first kappa shape index (κ1) is 16.6. The van der Waals surface area contributed by atoms with Gasteiger partial charge in [0.2, 0.25) is 11.8 Å². The molecule has 0 saturated carbocycles. The number of benzene rings is 1. The summed E-state index contributed by atoms with van der Waals surface area (Å²) in [6.07, 6.45) is 1.87. The number of rotatable bonds is 5. The summed E-state index contributed by atoms with van der Waals surface area (Å²) in [5.74, 6) is -0.0306. The van der Waals surface area contributed by atoms with Gasteiger partial charge in [0.1, 0.15) is 0 Å². The molecule has 1 saturated heterocycles. The highest BCUT2D eigenvalue weighted by Crippen LogP contribution is 2.21. The summed E-state index contributed by atoms with van der Waals surface area (Å²) in [5.41, 5.74) is 3.31. The number of aromatic nitrogens is 1. The second-order valence-corrected chi connectivity index (χ2v) is 7.09. The first-order chi connectivity index (χ1) is 11.6. The maximum absolute atomic E-state index is 12.1. The number of carbonyl (C=O) groups excluding carboxylic acids is 2. The van der Waals surface area contributed by atoms with Crippen LogP contribution in [0.2, 0.25) is 0 Å². The van der Waals surface area contributed by atoms with Gasteiger partial charge in [-0.15, -0.1) is 11.3 Å². The van der Waals surface area contributed by atoms with Gasteiger partial charge in [-0.2, -0.15) is 0 Å². The topological polar surface area (TPSA) is 71.1 Å². The first-order valence-corrected chi connectivity index (χ1v) is 9.05. The fraction of sp³-hybridized carbons (Fsp3) is 0.389. The van der Waals surface area contributed by atoms with Crippen LogP contribution in [0.15, 0.2) is 29.6 Å². The number of amides is 2. The van der Waals surface area contributed by atoms with Crippen molar-refractivity contribution in [3.05, 3.63) is 40.2 Å². The number of nitrogens with one attached hydrogen (secondary N) is 2. The molecule has 126 valence electrons. The van der Waals surface area contributed by atoms with Gasteiger partial charge in [0.15, 0.2) is 0 Å². The smallest absolute Gasteiger partial charge is 0.224 e. The van der Waals surface area contributed by atoms with Crippen molar-refractivity contribution in [3.63, 3.8) is 0 Å². The predicted octanol–water partition coefficient (Wildman–Crippen LogP) is 2.30. The molecule has 0 aliphatic carbocycles. The number of hydrogen-bond donors (Lipinski definition) is 2. The lowest BCUT2D eigenvalue weighted by atomic mass is 9.98. The van der Waals surface area contributed by atoms with E-state index in [1.165, 1.54) is 5.56 Å². The third-order valence-electron chi connectivity index (χ3n) is 4.22. The SMILES string of the molecule is Cc1nc(-c2ccc(CCNC(=O)C3CCC(=O)NC3)cc2)cs1. The van der Waals surface area contributed by atoms with Gasteiger partial charge in [-0.3, -0.25) is 9.59 Å². The quantitative estimate of drug-likeness (QED) is 0.875. The van der Waals surface area contributed by atoms with Crippen LogP contribution in [0.1, 0.15) is 23.4 Å². The van der Waals surface area contributed by atoms with E-state index in [1.54, 1.807) is 11.3 Å². The minimum atomic E-state index is -0.0991. The lowest BCUT2D eigenvalue weighted by molar-refractivity contribution is -0.128. The third-order valence-corrected chi connectivity index (χ3v) is 4.99. The number of piperidine rings is 1. The van der Waals surface area contributed by atoms with Crippen LogP contribution < -0.4 is 10.6 Å². The number of hydrogen-bond acceptors (Lipinski definition) is 4. The molecule has 6 heteroatoms. The van der Waals surface area contributed by atoms with Crippen LogP contribution in [-0.4, -0.2) is 29.9 Å². The normalized spacial score (nSPS) is 17.4. The Morgan fingerprint density at radius 3 is 2.79 bits per heavy atom. The van der Waals surface area contributed by atoms with Gasteiger partial charge in [-0.05, 0) is 25.3 Å². The number of thiazole rings is 1. The van der Waals surface area contributed by atoms with E-state index in [-0.39, 0.29) is 17.7 Å². The van der Waals surface area contributed by atoms with Crippen molar-refractivity contribution in [2.75, 3.05) is 13.1 Å². The van der Waals surface area contributed by atoms with E-state index >= 15 is 0 Å². The molecule has 1 atom stereocenters. The molecule has 2 amide bonds. The highest BCUT2D eigenvalue weighted by molar-refractivity contribution is 7.09. The van der Waals surface area contributed by atoms with Crippen LogP contribution in [0.4, 0.5) is 0 Å². The molecule has 24 heavy (non-hydrogen) atoms. The first-order valence-electron chi connectivity index (χ1n) is 8.17. The van der Waals surface area contributed by atoms with Crippen LogP contribution in [0.25, 0.3) is 11.3 Å². The molecule has 1 unspecified atom stereocenters. The molecule has 0 radical (unpaired) electrons. The summed E-state index contributed by atoms with van der Waals surface area (Å²) < 4.78 is 0. The van der Waals surface area contributed by atoms with E-state index in [0.717, 1.165) is 22.7 Å². The summed E-state index contributed by atoms with van der Waals surface area (Å²) in [5, 5.41) is 8.83. The molecule has 1 aliphatic heterocycles. The van der Waals surface area contributed by atoms with Gasteiger partial charge in [0.05, 0.1) is 16.6 Å². The van der Waals surface area contributed by atoms with Crippen molar-refractivity contribution in [1.82, 2.24) is 15.6 Å². The molecular weight excluding hydrogens is 322 g/mol. The van der Waals surface area contributed by atoms with Crippen LogP contribution in [0.3, 0.4) is 0 Å². The van der Waals surface area contributed by atoms with Crippen molar-refractivity contribution in [1.29, 1.82) is 0 Å². The molecule has 0 spiro atoms. The van der Waals surface area contributed by atoms with Crippen molar-refractivity contribution < 1.29 is 9.59 Å². The molecular formula is C18H21N3O2S. The zero-order valence-electron chi connectivity index (χ0n) is 13.7. The maximum atomic E-state index is 12.1. The van der Waals surface area contributed by atoms with Crippen molar-refractivity contribution in [3.8, 4) is 11.3 Å². The van der Waals surface area contributed by atoms with E-state index in [0.29, 0.717) is 25.9 Å². The second kappa shape index (κ2) is 7.57. The van der Waals surface area contributed by atoms with Gasteiger partial charge in [0.25, 0.3) is 0 Å². The van der Waals surface area contributed by atoms with Gasteiger partial charge < -0.3 is 10.6 Å². The summed E-state index contributed by atoms with van der Waals surface area (Å²) in [4.78, 5) is 27.7. The Bertz CT molecular complexity index is 714. The number of carbonyl (C=O) groups is 2. The molecule has 1 aromatic heterocycles. The molecule has 0 bridgehead atoms. The van der Waals surface area contributed by atoms with Gasteiger partial charge in [-0.1, -0.05) is 24.3 Å². The second-order valence-electron chi connectivity index (χ2n) is 6.03. The van der Waals surface area contributed by atoms with Crippen molar-refractivity contribution in [2.45, 2.75) is 26.2 Å². The summed E-state index contributed by atoms with van der Waals surface area (Å²) in [6.45, 7) is 3.06. The Balaban J connectivity index is 1.46. The van der Waals surface area contributed by atoms with E-state index in [1.807, 2.05) is 6.92 Å². The fourth-order valence-electron chi connectivity index (χ4n) is 2.77. The zero-order valence-corrected chi connectivity index (χ0v) is 14.5. The minimum Gasteiger partial charge on any atom is -0.355 e. The van der Waals surface area contributed by atoms with Crippen LogP contribution in [0, 0.1) is 12.8 Å². The molecule has 1 fully saturated rings. The molecule has 1 aromatic carbocycles. The number of aryl methyl sites for hydroxylation is 1. The molecule has 2 N–H and O–H groups in total. The third kappa shape index (κ3) is 4.20. The fourth-order valence-corrected chi connectivity index (χ4v) is 3.39. The van der Waals surface area contributed by atoms with Gasteiger partial charge in [-0.25, -0.2) is 4.98 Å². The summed E-state index contributed by atoms with van der Waals surface area (Å²) >= 11 is 1.65. The van der Waals surface area contributed by atoms with Crippen LogP contribution in [-0.2, 0) is 16.0 Å². The Morgan fingerprint density at radius 2 is 2.17 bits per heavy atom. The largest absolute Gasteiger partial charge is 0.355 e. The molecule has 5 nitrogen and oxygen atoms in total. The van der Waals surface area contributed by atoms with E-state index < -0.39 is 0 Å². The van der Waals surface area contributed by atoms with Crippen molar-refractivity contribution >= 4 is 23.2 Å². The minimum absolute atomic E-state index is 0.0320. The van der Waals surface area contributed by atoms with Crippen LogP contribution >= 0.6 is 11.3 Å². The molecule has 2 aromatic rings. The predicted molar refractivity (Wildman–Crippen MR) is 94.7 cm³/mol. The van der Waals surface area contributed by atoms with E-state index in [9.17, 15) is 9.59 Å². The van der Waals surface area contributed by atoms with E-state index in [2.05, 4.69) is 45.3 Å². The maximum Gasteiger partial charge on any atom is 0.224 e. The zero-order chi connectivity index (χ0) is 16.9. The monoisotopic (exact) mass is 343 g/mol. The lowest BCUT2D eigenvalue weighted by Crippen LogP contribution is -2.43. The highest BCUT2D eigenvalue weighted by Gasteiger charge is 2.23. The highest BCUT2D eigenvalue weighted by atomic mass is 32.1. The van der Waals surface area contributed by atoms with Gasteiger partial charge in [0, 0.05) is 30.5 Å². The standard InChI is InChI=1S/C18H21N3O2S/c1-12-21-16(11-24-12)14-4-2-13(3-5-14)8-9-19-18(23)15-6-7-17(22)20-10-15/h2-5,11,15H,6-10H2,1H3,(H,19,23)(H,20,22). The molecule has 3 rings (SSSR count). The Labute approximate surface area is 145 Å². The Kier molecular flexibility index (Phi) is 5.25. The molecule has 2 heterocycles. The number of nitrogens with zero attached hydrogens (tertiary/aromatic N) is 1. The average molecular weight is 343 g/mol. The Morgan fingerprint density at radius 1 is 1.38 bits per heavy atom. The average Bonchev–Trinajstić information content (AvgIpc) is 3.02. The van der Waals surface area contributed by atoms with Crippen molar-refractivity contribution in [2.24, 2.45) is 5.92 Å². The van der Waals surface area contributed by atoms with Crippen LogP contribution in [0.5, 0.6) is 0 Å². The van der Waals surface area contributed by atoms with E-state index in [4.69, 9.17) is 0 Å².